The van der Waals surface area contributed by atoms with Gasteiger partial charge in [-0.25, -0.2) is 9.18 Å². The van der Waals surface area contributed by atoms with E-state index >= 15 is 0 Å². The van der Waals surface area contributed by atoms with Crippen molar-refractivity contribution in [3.8, 4) is 0 Å². The van der Waals surface area contributed by atoms with Gasteiger partial charge in [-0.1, -0.05) is 32.0 Å². The molecule has 1 amide bonds. The molecule has 21 heavy (non-hydrogen) atoms. The largest absolute Gasteiger partial charge is 0.480 e. The van der Waals surface area contributed by atoms with Crippen molar-refractivity contribution in [1.29, 1.82) is 0 Å². The summed E-state index contributed by atoms with van der Waals surface area (Å²) in [5.41, 5.74) is 0.364. The molecule has 4 nitrogen and oxygen atoms in total. The van der Waals surface area contributed by atoms with Crippen LogP contribution in [0, 0.1) is 11.7 Å². The van der Waals surface area contributed by atoms with Crippen LogP contribution in [0.4, 0.5) is 4.39 Å². The quantitative estimate of drug-likeness (QED) is 0.908. The molecule has 1 aliphatic rings. The Kier molecular flexibility index (Phi) is 4.88. The van der Waals surface area contributed by atoms with Crippen LogP contribution in [0.1, 0.15) is 31.2 Å². The van der Waals surface area contributed by atoms with Crippen LogP contribution < -0.4 is 0 Å². The Morgan fingerprint density at radius 2 is 2.14 bits per heavy atom. The molecule has 1 N–H and O–H groups in total. The van der Waals surface area contributed by atoms with Crippen molar-refractivity contribution in [2.75, 3.05) is 5.75 Å². The number of halogens is 1. The molecule has 0 aromatic heterocycles. The summed E-state index contributed by atoms with van der Waals surface area (Å²) in [6.07, 6.45) is 0.354. The van der Waals surface area contributed by atoms with E-state index in [-0.39, 0.29) is 17.6 Å². The molecule has 2 atom stereocenters. The van der Waals surface area contributed by atoms with Gasteiger partial charge in [0.2, 0.25) is 5.91 Å². The zero-order valence-electron chi connectivity index (χ0n) is 12.0. The Bertz CT molecular complexity index is 549. The number of nitrogens with zero attached hydrogens (tertiary/aromatic N) is 1. The molecule has 114 valence electrons. The van der Waals surface area contributed by atoms with Crippen LogP contribution in [-0.4, -0.2) is 33.7 Å². The van der Waals surface area contributed by atoms with E-state index in [0.29, 0.717) is 12.0 Å². The van der Waals surface area contributed by atoms with Gasteiger partial charge in [-0.05, 0) is 18.4 Å². The molecule has 1 aliphatic heterocycles. The maximum Gasteiger partial charge on any atom is 0.326 e. The topological polar surface area (TPSA) is 57.6 Å². The standard InChI is InChI=1S/C15H18FNO3S/c1-9(2)7-12(15(19)20)17-13(18)8-21-14(17)10-5-3-4-6-11(10)16/h3-6,9,12,14H,7-8H2,1-2H3,(H,19,20)/t12-,14+/m1/s1. The molecule has 0 bridgehead atoms. The van der Waals surface area contributed by atoms with E-state index in [4.69, 9.17) is 0 Å². The number of amides is 1. The highest BCUT2D eigenvalue weighted by Crippen LogP contribution is 2.41. The normalized spacial score (nSPS) is 20.1. The molecule has 1 aromatic carbocycles. The number of hydrogen-bond donors (Lipinski definition) is 1. The molecule has 0 saturated carbocycles. The van der Waals surface area contributed by atoms with Gasteiger partial charge in [0.1, 0.15) is 17.2 Å². The summed E-state index contributed by atoms with van der Waals surface area (Å²) in [6.45, 7) is 3.81. The minimum Gasteiger partial charge on any atom is -0.480 e. The van der Waals surface area contributed by atoms with E-state index < -0.39 is 23.2 Å². The maximum atomic E-state index is 14.0. The third kappa shape index (κ3) is 3.37. The summed E-state index contributed by atoms with van der Waals surface area (Å²) in [6, 6.07) is 5.28. The van der Waals surface area contributed by atoms with Crippen molar-refractivity contribution in [3.63, 3.8) is 0 Å². The van der Waals surface area contributed by atoms with Crippen molar-refractivity contribution in [2.45, 2.75) is 31.7 Å². The fourth-order valence-electron chi connectivity index (χ4n) is 2.47. The van der Waals surface area contributed by atoms with Crippen LogP contribution in [0.3, 0.4) is 0 Å². The number of carbonyl (C=O) groups is 2. The number of benzene rings is 1. The molecule has 1 aromatic rings. The summed E-state index contributed by atoms with van der Waals surface area (Å²) in [5, 5.41) is 8.87. The summed E-state index contributed by atoms with van der Waals surface area (Å²) < 4.78 is 14.0. The first-order chi connectivity index (χ1) is 9.91. The number of aliphatic carboxylic acids is 1. The lowest BCUT2D eigenvalue weighted by Gasteiger charge is -2.31. The number of carboxylic acid groups (broad SMARTS) is 1. The SMILES string of the molecule is CC(C)C[C@H](C(=O)O)N1C(=O)CS[C@H]1c1ccccc1F. The maximum absolute atomic E-state index is 14.0. The molecule has 0 spiro atoms. The molecule has 2 rings (SSSR count). The van der Waals surface area contributed by atoms with Gasteiger partial charge < -0.3 is 10.0 Å². The third-order valence-corrected chi connectivity index (χ3v) is 4.60. The second kappa shape index (κ2) is 6.47. The van der Waals surface area contributed by atoms with Gasteiger partial charge in [-0.2, -0.15) is 0 Å². The minimum absolute atomic E-state index is 0.130. The van der Waals surface area contributed by atoms with E-state index in [2.05, 4.69) is 0 Å². The van der Waals surface area contributed by atoms with Gasteiger partial charge in [0.15, 0.2) is 0 Å². The molecule has 1 heterocycles. The predicted octanol–water partition coefficient (Wildman–Crippen LogP) is 2.90. The first-order valence-electron chi connectivity index (χ1n) is 6.81. The van der Waals surface area contributed by atoms with E-state index in [0.717, 1.165) is 0 Å². The third-order valence-electron chi connectivity index (χ3n) is 3.39. The van der Waals surface area contributed by atoms with Gasteiger partial charge in [-0.15, -0.1) is 11.8 Å². The lowest BCUT2D eigenvalue weighted by molar-refractivity contribution is -0.150. The molecule has 1 saturated heterocycles. The summed E-state index contributed by atoms with van der Waals surface area (Å²) in [5.74, 6) is -1.39. The Morgan fingerprint density at radius 3 is 2.71 bits per heavy atom. The summed E-state index contributed by atoms with van der Waals surface area (Å²) in [7, 11) is 0. The van der Waals surface area contributed by atoms with Crippen molar-refractivity contribution in [3.05, 3.63) is 35.6 Å². The van der Waals surface area contributed by atoms with Crippen LogP contribution in [0.25, 0.3) is 0 Å². The van der Waals surface area contributed by atoms with Crippen LogP contribution in [0.2, 0.25) is 0 Å². The minimum atomic E-state index is -1.04. The molecule has 6 heteroatoms. The van der Waals surface area contributed by atoms with E-state index in [9.17, 15) is 19.1 Å². The fraction of sp³-hybridized carbons (Fsp3) is 0.467. The lowest BCUT2D eigenvalue weighted by Crippen LogP contribution is -2.44. The first kappa shape index (κ1) is 15.8. The summed E-state index contributed by atoms with van der Waals surface area (Å²) >= 11 is 1.27. The van der Waals surface area contributed by atoms with Crippen molar-refractivity contribution >= 4 is 23.6 Å². The molecular formula is C15H18FNO3S. The van der Waals surface area contributed by atoms with Crippen LogP contribution in [-0.2, 0) is 9.59 Å². The molecule has 0 radical (unpaired) electrons. The average Bonchev–Trinajstić information content (AvgIpc) is 2.78. The second-order valence-electron chi connectivity index (χ2n) is 5.47. The highest BCUT2D eigenvalue weighted by Gasteiger charge is 2.41. The Morgan fingerprint density at radius 1 is 1.48 bits per heavy atom. The van der Waals surface area contributed by atoms with E-state index in [1.54, 1.807) is 18.2 Å². The molecule has 0 unspecified atom stereocenters. The van der Waals surface area contributed by atoms with Crippen LogP contribution >= 0.6 is 11.8 Å². The zero-order chi connectivity index (χ0) is 15.6. The number of carboxylic acids is 1. The van der Waals surface area contributed by atoms with Gasteiger partial charge in [0.05, 0.1) is 5.75 Å². The Balaban J connectivity index is 2.36. The average molecular weight is 311 g/mol. The Labute approximate surface area is 127 Å². The van der Waals surface area contributed by atoms with Gasteiger partial charge in [0.25, 0.3) is 0 Å². The monoisotopic (exact) mass is 311 g/mol. The van der Waals surface area contributed by atoms with Crippen molar-refractivity contribution in [1.82, 2.24) is 4.90 Å². The lowest BCUT2D eigenvalue weighted by atomic mass is 10.0. The number of rotatable bonds is 5. The summed E-state index contributed by atoms with van der Waals surface area (Å²) in [4.78, 5) is 25.0. The second-order valence-corrected chi connectivity index (χ2v) is 6.54. The van der Waals surface area contributed by atoms with Crippen LogP contribution in [0.15, 0.2) is 24.3 Å². The van der Waals surface area contributed by atoms with Gasteiger partial charge >= 0.3 is 5.97 Å². The fourth-order valence-corrected chi connectivity index (χ4v) is 3.71. The van der Waals surface area contributed by atoms with Crippen LogP contribution in [0.5, 0.6) is 0 Å². The van der Waals surface area contributed by atoms with Gasteiger partial charge in [0, 0.05) is 5.56 Å². The highest BCUT2D eigenvalue weighted by molar-refractivity contribution is 8.00. The van der Waals surface area contributed by atoms with Crippen molar-refractivity contribution in [2.24, 2.45) is 5.92 Å². The number of thioether (sulfide) groups is 1. The predicted molar refractivity (Wildman–Crippen MR) is 79.3 cm³/mol. The first-order valence-corrected chi connectivity index (χ1v) is 7.86. The molecule has 0 aliphatic carbocycles. The molecule has 1 fully saturated rings. The highest BCUT2D eigenvalue weighted by atomic mass is 32.2. The molecular weight excluding hydrogens is 293 g/mol. The zero-order valence-corrected chi connectivity index (χ0v) is 12.8. The van der Waals surface area contributed by atoms with E-state index in [1.807, 2.05) is 13.8 Å². The van der Waals surface area contributed by atoms with Gasteiger partial charge in [-0.3, -0.25) is 4.79 Å². The Hall–Kier alpha value is -1.56. The number of carbonyl (C=O) groups excluding carboxylic acids is 1. The number of hydrogen-bond acceptors (Lipinski definition) is 3. The van der Waals surface area contributed by atoms with Crippen molar-refractivity contribution < 1.29 is 19.1 Å². The van der Waals surface area contributed by atoms with E-state index in [1.165, 1.54) is 22.7 Å². The smallest absolute Gasteiger partial charge is 0.326 e.